The number of benzene rings is 1. The third-order valence-electron chi connectivity index (χ3n) is 4.89. The minimum absolute atomic E-state index is 0.164. The van der Waals surface area contributed by atoms with Crippen LogP contribution in [-0.2, 0) is 4.84 Å². The molecular formula is C19H22N6O. The average Bonchev–Trinajstić information content (AvgIpc) is 3.13. The number of nitrogens with one attached hydrogen (secondary N) is 3. The minimum Gasteiger partial charge on any atom is -0.394 e. The number of aromatic nitrogens is 3. The maximum atomic E-state index is 7.93. The zero-order valence-electron chi connectivity index (χ0n) is 14.7. The Labute approximate surface area is 151 Å². The molecule has 0 spiro atoms. The van der Waals surface area contributed by atoms with Crippen LogP contribution in [0.2, 0.25) is 0 Å². The lowest BCUT2D eigenvalue weighted by Crippen LogP contribution is -2.38. The van der Waals surface area contributed by atoms with E-state index in [9.17, 15) is 0 Å². The van der Waals surface area contributed by atoms with Gasteiger partial charge in [-0.05, 0) is 31.0 Å². The van der Waals surface area contributed by atoms with Crippen molar-refractivity contribution in [2.24, 2.45) is 5.92 Å². The molecule has 2 aromatic heterocycles. The molecule has 0 radical (unpaired) electrons. The maximum absolute atomic E-state index is 7.93. The number of rotatable bonds is 4. The van der Waals surface area contributed by atoms with E-state index in [0.29, 0.717) is 5.90 Å². The van der Waals surface area contributed by atoms with Gasteiger partial charge in [0.2, 0.25) is 5.90 Å². The summed E-state index contributed by atoms with van der Waals surface area (Å²) < 4.78 is 0. The Morgan fingerprint density at radius 3 is 2.88 bits per heavy atom. The monoisotopic (exact) mass is 350 g/mol. The molecular weight excluding hydrogens is 328 g/mol. The summed E-state index contributed by atoms with van der Waals surface area (Å²) >= 11 is 0. The van der Waals surface area contributed by atoms with Crippen LogP contribution < -0.4 is 10.4 Å². The summed E-state index contributed by atoms with van der Waals surface area (Å²) in [7, 11) is 1.68. The molecule has 1 fully saturated rings. The summed E-state index contributed by atoms with van der Waals surface area (Å²) in [6.07, 6.45) is 3.61. The highest BCUT2D eigenvalue weighted by Crippen LogP contribution is 2.29. The molecule has 134 valence electrons. The number of nitrogens with zero attached hydrogens (tertiary/aromatic N) is 3. The van der Waals surface area contributed by atoms with Crippen molar-refractivity contribution in [2.45, 2.75) is 12.8 Å². The smallest absolute Gasteiger partial charge is 0.209 e. The van der Waals surface area contributed by atoms with Crippen LogP contribution in [0.3, 0.4) is 0 Å². The van der Waals surface area contributed by atoms with E-state index >= 15 is 0 Å². The number of hydroxylamine groups is 1. The minimum atomic E-state index is 0.164. The quantitative estimate of drug-likeness (QED) is 0.382. The molecule has 4 rings (SSSR count). The van der Waals surface area contributed by atoms with E-state index < -0.39 is 0 Å². The zero-order chi connectivity index (χ0) is 17.9. The first kappa shape index (κ1) is 16.5. The number of fused-ring (bicyclic) bond motifs is 1. The fourth-order valence-electron chi connectivity index (χ4n) is 3.49. The van der Waals surface area contributed by atoms with E-state index in [-0.39, 0.29) is 5.92 Å². The lowest BCUT2D eigenvalue weighted by atomic mass is 9.96. The van der Waals surface area contributed by atoms with Crippen molar-refractivity contribution in [1.29, 1.82) is 5.41 Å². The van der Waals surface area contributed by atoms with Gasteiger partial charge in [-0.3, -0.25) is 10.5 Å². The second kappa shape index (κ2) is 7.13. The number of aromatic amines is 1. The van der Waals surface area contributed by atoms with Crippen molar-refractivity contribution in [3.8, 4) is 11.3 Å². The molecule has 0 amide bonds. The number of pyridine rings is 1. The first-order valence-electron chi connectivity index (χ1n) is 8.83. The van der Waals surface area contributed by atoms with Crippen LogP contribution in [-0.4, -0.2) is 41.2 Å². The Morgan fingerprint density at radius 1 is 1.27 bits per heavy atom. The van der Waals surface area contributed by atoms with Crippen molar-refractivity contribution < 1.29 is 4.84 Å². The van der Waals surface area contributed by atoms with Crippen LogP contribution in [0.1, 0.15) is 12.8 Å². The zero-order valence-corrected chi connectivity index (χ0v) is 14.7. The molecule has 3 N–H and O–H groups in total. The van der Waals surface area contributed by atoms with Gasteiger partial charge in [0.1, 0.15) is 11.5 Å². The molecule has 1 aromatic carbocycles. The second-order valence-corrected chi connectivity index (χ2v) is 6.45. The maximum Gasteiger partial charge on any atom is 0.209 e. The van der Waals surface area contributed by atoms with Crippen molar-refractivity contribution in [2.75, 3.05) is 25.0 Å². The highest BCUT2D eigenvalue weighted by Gasteiger charge is 2.25. The molecule has 0 unspecified atom stereocenters. The summed E-state index contributed by atoms with van der Waals surface area (Å²) in [6, 6.07) is 12.2. The molecule has 0 saturated carbocycles. The van der Waals surface area contributed by atoms with Crippen LogP contribution >= 0.6 is 0 Å². The van der Waals surface area contributed by atoms with Crippen molar-refractivity contribution in [3.05, 3.63) is 42.6 Å². The Balaban J connectivity index is 1.53. The lowest BCUT2D eigenvalue weighted by Gasteiger charge is -2.32. The first-order chi connectivity index (χ1) is 12.8. The highest BCUT2D eigenvalue weighted by atomic mass is 16.6. The molecule has 1 aliphatic heterocycles. The van der Waals surface area contributed by atoms with Crippen molar-refractivity contribution in [3.63, 3.8) is 0 Å². The number of para-hydroxylation sites is 1. The summed E-state index contributed by atoms with van der Waals surface area (Å²) in [5, 5.41) is 16.6. The van der Waals surface area contributed by atoms with Crippen LogP contribution in [0.5, 0.6) is 0 Å². The van der Waals surface area contributed by atoms with Crippen molar-refractivity contribution >= 4 is 22.6 Å². The van der Waals surface area contributed by atoms with E-state index in [0.717, 1.165) is 53.9 Å². The molecule has 0 atom stereocenters. The van der Waals surface area contributed by atoms with E-state index in [4.69, 9.17) is 10.2 Å². The Hall–Kier alpha value is -2.93. The van der Waals surface area contributed by atoms with Crippen molar-refractivity contribution in [1.82, 2.24) is 20.7 Å². The first-order valence-corrected chi connectivity index (χ1v) is 8.83. The molecule has 7 heteroatoms. The standard InChI is InChI=1S/C19H22N6O/c1-21-26-19(20)13-7-10-25(11-8-13)17-12-14(6-9-22-17)18-15-4-2-3-5-16(15)23-24-18/h2-6,9,12-13,20-21H,7-8,10-11H2,1H3,(H,23,24). The van der Waals surface area contributed by atoms with Gasteiger partial charge in [-0.2, -0.15) is 10.6 Å². The van der Waals surface area contributed by atoms with Gasteiger partial charge >= 0.3 is 0 Å². The number of hydrogen-bond acceptors (Lipinski definition) is 6. The van der Waals surface area contributed by atoms with Gasteiger partial charge < -0.3 is 9.74 Å². The molecule has 3 heterocycles. The SMILES string of the molecule is CNOC(=N)C1CCN(c2cc(-c3n[nH]c4ccccc34)ccn2)CC1. The van der Waals surface area contributed by atoms with E-state index in [1.807, 2.05) is 30.5 Å². The Morgan fingerprint density at radius 2 is 2.08 bits per heavy atom. The summed E-state index contributed by atoms with van der Waals surface area (Å²) in [4.78, 5) is 11.9. The summed E-state index contributed by atoms with van der Waals surface area (Å²) in [5.74, 6) is 1.43. The van der Waals surface area contributed by atoms with Gasteiger partial charge in [-0.15, -0.1) is 0 Å². The molecule has 0 bridgehead atoms. The Kier molecular flexibility index (Phi) is 4.53. The Bertz CT molecular complexity index is 913. The predicted molar refractivity (Wildman–Crippen MR) is 102 cm³/mol. The fraction of sp³-hybridized carbons (Fsp3) is 0.316. The number of piperidine rings is 1. The van der Waals surface area contributed by atoms with Gasteiger partial charge in [-0.1, -0.05) is 18.2 Å². The van der Waals surface area contributed by atoms with Gasteiger partial charge in [0.25, 0.3) is 0 Å². The van der Waals surface area contributed by atoms with Crippen LogP contribution in [0, 0.1) is 11.3 Å². The van der Waals surface area contributed by atoms with Gasteiger partial charge in [0, 0.05) is 43.2 Å². The van der Waals surface area contributed by atoms with E-state index in [1.165, 1.54) is 0 Å². The molecule has 7 nitrogen and oxygen atoms in total. The van der Waals surface area contributed by atoms with Crippen LogP contribution in [0.4, 0.5) is 5.82 Å². The van der Waals surface area contributed by atoms with Gasteiger partial charge in [0.05, 0.1) is 5.52 Å². The second-order valence-electron chi connectivity index (χ2n) is 6.45. The molecule has 1 aliphatic rings. The average molecular weight is 350 g/mol. The number of hydrogen-bond donors (Lipinski definition) is 3. The fourth-order valence-corrected chi connectivity index (χ4v) is 3.49. The van der Waals surface area contributed by atoms with E-state index in [2.05, 4.69) is 37.7 Å². The van der Waals surface area contributed by atoms with Gasteiger partial charge in [-0.25, -0.2) is 4.98 Å². The molecule has 3 aromatic rings. The summed E-state index contributed by atoms with van der Waals surface area (Å²) in [5.41, 5.74) is 5.62. The largest absolute Gasteiger partial charge is 0.394 e. The summed E-state index contributed by atoms with van der Waals surface area (Å²) in [6.45, 7) is 1.72. The van der Waals surface area contributed by atoms with Crippen LogP contribution in [0.25, 0.3) is 22.2 Å². The van der Waals surface area contributed by atoms with Gasteiger partial charge in [0.15, 0.2) is 0 Å². The molecule has 0 aliphatic carbocycles. The molecule has 1 saturated heterocycles. The number of anilines is 1. The normalized spacial score (nSPS) is 15.3. The molecule has 26 heavy (non-hydrogen) atoms. The predicted octanol–water partition coefficient (Wildman–Crippen LogP) is 2.97. The van der Waals surface area contributed by atoms with E-state index in [1.54, 1.807) is 7.05 Å². The topological polar surface area (TPSA) is 89.9 Å². The number of H-pyrrole nitrogens is 1. The third-order valence-corrected chi connectivity index (χ3v) is 4.89. The third kappa shape index (κ3) is 3.13. The lowest BCUT2D eigenvalue weighted by molar-refractivity contribution is 0.183. The van der Waals surface area contributed by atoms with Crippen LogP contribution in [0.15, 0.2) is 42.6 Å². The highest BCUT2D eigenvalue weighted by molar-refractivity contribution is 5.93.